The molecule has 0 saturated heterocycles. The molecule has 122 valence electrons. The Bertz CT molecular complexity index is 651. The highest BCUT2D eigenvalue weighted by Gasteiger charge is 2.10. The van der Waals surface area contributed by atoms with Gasteiger partial charge in [-0.3, -0.25) is 9.79 Å². The Balaban J connectivity index is 2.12. The Labute approximate surface area is 135 Å². The molecule has 0 aliphatic carbocycles. The molecule has 0 amide bonds. The Morgan fingerprint density at radius 2 is 2.17 bits per heavy atom. The van der Waals surface area contributed by atoms with Crippen molar-refractivity contribution in [2.24, 2.45) is 4.99 Å². The molecule has 1 N–H and O–H groups in total. The first-order chi connectivity index (χ1) is 11.2. The van der Waals surface area contributed by atoms with Crippen molar-refractivity contribution in [2.75, 3.05) is 13.7 Å². The average Bonchev–Trinajstić information content (AvgIpc) is 3.06. The Hall–Kier alpha value is -2.63. The molecule has 0 spiro atoms. The number of aromatic nitrogens is 2. The van der Waals surface area contributed by atoms with E-state index in [4.69, 9.17) is 9.84 Å². The zero-order valence-corrected chi connectivity index (χ0v) is 13.2. The number of ether oxygens (including phenoxy) is 1. The number of hydrogen-bond acceptors (Lipinski definition) is 4. The second-order valence-electron chi connectivity index (χ2n) is 5.11. The van der Waals surface area contributed by atoms with E-state index in [1.165, 1.54) is 0 Å². The van der Waals surface area contributed by atoms with Gasteiger partial charge in [-0.2, -0.15) is 0 Å². The third kappa shape index (κ3) is 5.25. The molecule has 1 aromatic carbocycles. The lowest BCUT2D eigenvalue weighted by Crippen LogP contribution is -2.12. The summed E-state index contributed by atoms with van der Waals surface area (Å²) in [5.74, 6) is 0.00856. The summed E-state index contributed by atoms with van der Waals surface area (Å²) in [5.41, 5.74) is 1.85. The Morgan fingerprint density at radius 1 is 1.35 bits per heavy atom. The van der Waals surface area contributed by atoms with Gasteiger partial charge >= 0.3 is 5.97 Å². The maximum atomic E-state index is 10.6. The van der Waals surface area contributed by atoms with E-state index in [2.05, 4.69) is 9.98 Å². The third-order valence-corrected chi connectivity index (χ3v) is 3.41. The van der Waals surface area contributed by atoms with Crippen LogP contribution in [0.2, 0.25) is 0 Å². The van der Waals surface area contributed by atoms with Gasteiger partial charge in [0.05, 0.1) is 25.7 Å². The predicted molar refractivity (Wildman–Crippen MR) is 88.1 cm³/mol. The number of carbonyl (C=O) groups is 1. The van der Waals surface area contributed by atoms with Crippen molar-refractivity contribution in [3.8, 4) is 5.75 Å². The molecule has 6 nitrogen and oxygen atoms in total. The lowest BCUT2D eigenvalue weighted by molar-refractivity contribution is -0.137. The van der Waals surface area contributed by atoms with Crippen LogP contribution in [0.25, 0.3) is 0 Å². The van der Waals surface area contributed by atoms with Crippen molar-refractivity contribution in [3.05, 3.63) is 48.5 Å². The molecule has 0 radical (unpaired) electrons. The van der Waals surface area contributed by atoms with Crippen molar-refractivity contribution in [2.45, 2.75) is 25.8 Å². The summed E-state index contributed by atoms with van der Waals surface area (Å²) in [4.78, 5) is 19.3. The molecular formula is C17H21N3O3. The molecule has 2 aromatic rings. The quantitative estimate of drug-likeness (QED) is 0.570. The van der Waals surface area contributed by atoms with E-state index in [1.807, 2.05) is 35.0 Å². The number of methoxy groups -OCH3 is 1. The highest BCUT2D eigenvalue weighted by molar-refractivity contribution is 6.02. The van der Waals surface area contributed by atoms with Crippen molar-refractivity contribution in [1.29, 1.82) is 0 Å². The van der Waals surface area contributed by atoms with Crippen LogP contribution in [0.4, 0.5) is 0 Å². The highest BCUT2D eigenvalue weighted by atomic mass is 16.5. The minimum absolute atomic E-state index is 0.182. The zero-order valence-electron chi connectivity index (χ0n) is 13.2. The number of carboxylic acid groups (broad SMARTS) is 1. The lowest BCUT2D eigenvalue weighted by Gasteiger charge is -2.12. The number of aliphatic imine (C=N–C) groups is 1. The largest absolute Gasteiger partial charge is 0.496 e. The molecule has 0 unspecified atom stereocenters. The molecule has 1 aromatic heterocycles. The second kappa shape index (κ2) is 8.73. The van der Waals surface area contributed by atoms with Crippen molar-refractivity contribution in [3.63, 3.8) is 0 Å². The molecular weight excluding hydrogens is 294 g/mol. The predicted octanol–water partition coefficient (Wildman–Crippen LogP) is 2.64. The normalized spacial score (nSPS) is 11.4. The summed E-state index contributed by atoms with van der Waals surface area (Å²) in [7, 11) is 1.64. The number of aliphatic carboxylic acids is 1. The van der Waals surface area contributed by atoms with Gasteiger partial charge < -0.3 is 14.4 Å². The number of para-hydroxylation sites is 1. The SMILES string of the molecule is COc1ccccc1C(Cn1ccnc1)=NCCCCC(=O)O. The van der Waals surface area contributed by atoms with Gasteiger partial charge in [-0.05, 0) is 25.0 Å². The van der Waals surface area contributed by atoms with Gasteiger partial charge in [0.2, 0.25) is 0 Å². The number of rotatable bonds is 9. The number of imidazole rings is 1. The molecule has 6 heteroatoms. The monoisotopic (exact) mass is 315 g/mol. The first kappa shape index (κ1) is 16.7. The standard InChI is InChI=1S/C17H21N3O3/c1-23-16-7-3-2-6-14(16)15(12-20-11-10-18-13-20)19-9-5-4-8-17(21)22/h2-3,6-7,10-11,13H,4-5,8-9,12H2,1H3,(H,21,22). The van der Waals surface area contributed by atoms with Crippen LogP contribution in [0.1, 0.15) is 24.8 Å². The van der Waals surface area contributed by atoms with Crippen molar-refractivity contribution in [1.82, 2.24) is 9.55 Å². The van der Waals surface area contributed by atoms with E-state index >= 15 is 0 Å². The Kier molecular flexibility index (Phi) is 6.35. The van der Waals surface area contributed by atoms with E-state index in [1.54, 1.807) is 19.6 Å². The van der Waals surface area contributed by atoms with E-state index in [-0.39, 0.29) is 6.42 Å². The second-order valence-corrected chi connectivity index (χ2v) is 5.11. The van der Waals surface area contributed by atoms with E-state index < -0.39 is 5.97 Å². The van der Waals surface area contributed by atoms with Gasteiger partial charge in [0.25, 0.3) is 0 Å². The Morgan fingerprint density at radius 3 is 2.87 bits per heavy atom. The summed E-state index contributed by atoms with van der Waals surface area (Å²) < 4.78 is 7.37. The molecule has 0 saturated carbocycles. The fourth-order valence-corrected chi connectivity index (χ4v) is 2.26. The first-order valence-corrected chi connectivity index (χ1v) is 7.55. The summed E-state index contributed by atoms with van der Waals surface area (Å²) >= 11 is 0. The van der Waals surface area contributed by atoms with Crippen LogP contribution in [0.3, 0.4) is 0 Å². The summed E-state index contributed by atoms with van der Waals surface area (Å²) in [6.45, 7) is 1.19. The molecule has 0 fully saturated rings. The number of carboxylic acids is 1. The first-order valence-electron chi connectivity index (χ1n) is 7.55. The van der Waals surface area contributed by atoms with Crippen LogP contribution in [-0.2, 0) is 11.3 Å². The number of hydrogen-bond donors (Lipinski definition) is 1. The number of benzene rings is 1. The molecule has 0 aliphatic rings. The zero-order chi connectivity index (χ0) is 16.5. The maximum absolute atomic E-state index is 10.6. The lowest BCUT2D eigenvalue weighted by atomic mass is 10.1. The maximum Gasteiger partial charge on any atom is 0.303 e. The highest BCUT2D eigenvalue weighted by Crippen LogP contribution is 2.19. The van der Waals surface area contributed by atoms with Crippen LogP contribution in [0, 0.1) is 0 Å². The summed E-state index contributed by atoms with van der Waals surface area (Å²) in [6, 6.07) is 7.75. The minimum Gasteiger partial charge on any atom is -0.496 e. The smallest absolute Gasteiger partial charge is 0.303 e. The van der Waals surface area contributed by atoms with Gasteiger partial charge in [0.15, 0.2) is 0 Å². The van der Waals surface area contributed by atoms with E-state index in [0.717, 1.165) is 23.4 Å². The van der Waals surface area contributed by atoms with Gasteiger partial charge in [0.1, 0.15) is 5.75 Å². The van der Waals surface area contributed by atoms with Crippen molar-refractivity contribution >= 4 is 11.7 Å². The molecule has 0 bridgehead atoms. The van der Waals surface area contributed by atoms with E-state index in [9.17, 15) is 4.79 Å². The van der Waals surface area contributed by atoms with Gasteiger partial charge in [0, 0.05) is 30.9 Å². The van der Waals surface area contributed by atoms with Crippen LogP contribution in [0.5, 0.6) is 5.75 Å². The van der Waals surface area contributed by atoms with Crippen LogP contribution in [0.15, 0.2) is 48.0 Å². The van der Waals surface area contributed by atoms with Crippen LogP contribution >= 0.6 is 0 Å². The summed E-state index contributed by atoms with van der Waals surface area (Å²) in [6.07, 6.45) is 6.91. The average molecular weight is 315 g/mol. The fraction of sp³-hybridized carbons (Fsp3) is 0.353. The molecule has 0 atom stereocenters. The third-order valence-electron chi connectivity index (χ3n) is 3.41. The van der Waals surface area contributed by atoms with Crippen LogP contribution in [-0.4, -0.2) is 40.0 Å². The topological polar surface area (TPSA) is 76.7 Å². The molecule has 0 aliphatic heterocycles. The van der Waals surface area contributed by atoms with Gasteiger partial charge in [-0.1, -0.05) is 12.1 Å². The van der Waals surface area contributed by atoms with Crippen LogP contribution < -0.4 is 4.74 Å². The number of unbranched alkanes of at least 4 members (excludes halogenated alkanes) is 1. The van der Waals surface area contributed by atoms with E-state index in [0.29, 0.717) is 19.5 Å². The van der Waals surface area contributed by atoms with Gasteiger partial charge in [-0.25, -0.2) is 4.98 Å². The molecule has 2 rings (SSSR count). The fourth-order valence-electron chi connectivity index (χ4n) is 2.26. The molecule has 1 heterocycles. The number of nitrogens with zero attached hydrogens (tertiary/aromatic N) is 3. The summed E-state index contributed by atoms with van der Waals surface area (Å²) in [5, 5.41) is 8.68. The molecule has 23 heavy (non-hydrogen) atoms. The van der Waals surface area contributed by atoms with Gasteiger partial charge in [-0.15, -0.1) is 0 Å². The minimum atomic E-state index is -0.766. The van der Waals surface area contributed by atoms with Crippen molar-refractivity contribution < 1.29 is 14.6 Å².